The van der Waals surface area contributed by atoms with E-state index in [0.29, 0.717) is 105 Å². The molecule has 2 fully saturated rings. The lowest BCUT2D eigenvalue weighted by Crippen LogP contribution is -2.50. The van der Waals surface area contributed by atoms with Crippen molar-refractivity contribution in [3.8, 4) is 0 Å². The van der Waals surface area contributed by atoms with Crippen molar-refractivity contribution in [2.24, 2.45) is 0 Å². The topological polar surface area (TPSA) is 242 Å². The van der Waals surface area contributed by atoms with Crippen molar-refractivity contribution in [3.05, 3.63) is 0 Å². The Bertz CT molecular complexity index is 1400. The molecule has 0 aliphatic carbocycles. The number of nitrogens with one attached hydrogen (secondary N) is 2. The van der Waals surface area contributed by atoms with Crippen LogP contribution < -0.4 is 10.6 Å². The van der Waals surface area contributed by atoms with Crippen molar-refractivity contribution >= 4 is 47.6 Å². The zero-order chi connectivity index (χ0) is 51.5. The van der Waals surface area contributed by atoms with Gasteiger partial charge in [0, 0.05) is 118 Å². The summed E-state index contributed by atoms with van der Waals surface area (Å²) in [6.07, 6.45) is 0. The standard InChI is InChI=1S/C46H84N10O14/c1-7-65-41(59)33-51-19-15-49(16-20-52(34-42(60)66-8-2)24-28-55(27-23-51)37-45(63)69-11-5)31-39(57)47-13-14-48-40(58)32-50-17-21-53(35-43(61)67-9-3)25-29-56(38-46(64)70-12-6)30-26-54(22-18-50)36-44(62)68-10-4/h7-38H2,1-6H3,(H,47,57)(H,48,58). The van der Waals surface area contributed by atoms with Gasteiger partial charge in [-0.2, -0.15) is 0 Å². The van der Waals surface area contributed by atoms with Gasteiger partial charge in [-0.05, 0) is 41.5 Å². The third kappa shape index (κ3) is 28.9. The van der Waals surface area contributed by atoms with Crippen molar-refractivity contribution in [2.45, 2.75) is 41.5 Å². The zero-order valence-corrected chi connectivity index (χ0v) is 42.9. The summed E-state index contributed by atoms with van der Waals surface area (Å²) in [6.45, 7) is 19.2. The minimum Gasteiger partial charge on any atom is -0.465 e. The van der Waals surface area contributed by atoms with E-state index in [1.807, 2.05) is 39.2 Å². The summed E-state index contributed by atoms with van der Waals surface area (Å²) in [5, 5.41) is 5.80. The van der Waals surface area contributed by atoms with Crippen LogP contribution in [0.2, 0.25) is 0 Å². The fraction of sp³-hybridized carbons (Fsp3) is 0.826. The molecule has 0 spiro atoms. The van der Waals surface area contributed by atoms with Crippen molar-refractivity contribution in [1.29, 1.82) is 0 Å². The monoisotopic (exact) mass is 1000 g/mol. The van der Waals surface area contributed by atoms with Crippen LogP contribution in [0.1, 0.15) is 41.5 Å². The SMILES string of the molecule is CCOC(=O)CN1CCN(CC(=O)NCCNC(=O)CN2CCN(CC(=O)OCC)CCN(CC(=O)OCC)CCN(CC(=O)OCC)CC2)CCN(CC(=O)OCC)CCN(CC(=O)OCC)CC1. The molecule has 0 aromatic heterocycles. The van der Waals surface area contributed by atoms with Crippen LogP contribution in [-0.4, -0.2) is 297 Å². The number of amides is 2. The van der Waals surface area contributed by atoms with Gasteiger partial charge < -0.3 is 39.1 Å². The van der Waals surface area contributed by atoms with Crippen molar-refractivity contribution in [1.82, 2.24) is 49.8 Å². The van der Waals surface area contributed by atoms with Gasteiger partial charge in [0.2, 0.25) is 11.8 Å². The van der Waals surface area contributed by atoms with Crippen LogP contribution in [0.5, 0.6) is 0 Å². The smallest absolute Gasteiger partial charge is 0.320 e. The largest absolute Gasteiger partial charge is 0.465 e. The predicted molar refractivity (Wildman–Crippen MR) is 257 cm³/mol. The van der Waals surface area contributed by atoms with E-state index in [9.17, 15) is 38.4 Å². The summed E-state index contributed by atoms with van der Waals surface area (Å²) >= 11 is 0. The Hall–Kier alpha value is -4.56. The molecule has 2 N–H and O–H groups in total. The molecule has 2 rings (SSSR count). The first kappa shape index (κ1) is 61.6. The molecular formula is C46H84N10O14. The summed E-state index contributed by atoms with van der Waals surface area (Å²) < 4.78 is 31.4. The Morgan fingerprint density at radius 2 is 0.414 bits per heavy atom. The van der Waals surface area contributed by atoms with E-state index in [2.05, 4.69) is 10.6 Å². The molecule has 2 aliphatic heterocycles. The van der Waals surface area contributed by atoms with Crippen molar-refractivity contribution < 1.29 is 66.8 Å². The summed E-state index contributed by atoms with van der Waals surface area (Å²) in [5.74, 6) is -2.81. The maximum Gasteiger partial charge on any atom is 0.320 e. The minimum absolute atomic E-state index is 0.0163. The van der Waals surface area contributed by atoms with Gasteiger partial charge in [0.1, 0.15) is 0 Å². The maximum atomic E-state index is 13.4. The quantitative estimate of drug-likeness (QED) is 0.0528. The molecule has 0 radical (unpaired) electrons. The third-order valence-corrected chi connectivity index (χ3v) is 11.3. The lowest BCUT2D eigenvalue weighted by molar-refractivity contribution is -0.146. The van der Waals surface area contributed by atoms with E-state index < -0.39 is 0 Å². The molecule has 2 amide bonds. The fourth-order valence-electron chi connectivity index (χ4n) is 7.68. The van der Waals surface area contributed by atoms with E-state index >= 15 is 0 Å². The summed E-state index contributed by atoms with van der Waals surface area (Å²) in [5.41, 5.74) is 0. The zero-order valence-electron chi connectivity index (χ0n) is 42.9. The Labute approximate surface area is 414 Å². The molecule has 0 aromatic carbocycles. The van der Waals surface area contributed by atoms with Gasteiger partial charge in [0.05, 0.1) is 92.0 Å². The molecule has 0 aromatic rings. The number of esters is 6. The normalized spacial score (nSPS) is 17.9. The molecule has 2 aliphatic rings. The molecular weight excluding hydrogens is 917 g/mol. The highest BCUT2D eigenvalue weighted by Crippen LogP contribution is 2.05. The number of carbonyl (C=O) groups excluding carboxylic acids is 8. The number of hydrogen-bond acceptors (Lipinski definition) is 22. The van der Waals surface area contributed by atoms with Gasteiger partial charge in [-0.3, -0.25) is 77.6 Å². The van der Waals surface area contributed by atoms with Gasteiger partial charge >= 0.3 is 35.8 Å². The molecule has 0 bridgehead atoms. The van der Waals surface area contributed by atoms with Gasteiger partial charge in [0.15, 0.2) is 0 Å². The van der Waals surface area contributed by atoms with Crippen LogP contribution in [0.4, 0.5) is 0 Å². The van der Waals surface area contributed by atoms with Crippen LogP contribution >= 0.6 is 0 Å². The van der Waals surface area contributed by atoms with E-state index in [1.54, 1.807) is 41.5 Å². The molecule has 24 nitrogen and oxygen atoms in total. The first-order valence-electron chi connectivity index (χ1n) is 25.0. The first-order valence-corrected chi connectivity index (χ1v) is 25.0. The van der Waals surface area contributed by atoms with Gasteiger partial charge in [-0.15, -0.1) is 0 Å². The Kier molecular flexibility index (Phi) is 32.8. The highest BCUT2D eigenvalue weighted by atomic mass is 16.6. The number of ether oxygens (including phenoxy) is 6. The van der Waals surface area contributed by atoms with Crippen LogP contribution in [0.25, 0.3) is 0 Å². The molecule has 0 unspecified atom stereocenters. The molecule has 2 saturated heterocycles. The third-order valence-electron chi connectivity index (χ3n) is 11.3. The second-order valence-corrected chi connectivity index (χ2v) is 16.7. The number of carbonyl (C=O) groups is 8. The summed E-state index contributed by atoms with van der Waals surface area (Å²) in [6, 6.07) is 0. The second kappa shape index (κ2) is 37.3. The predicted octanol–water partition coefficient (Wildman–Crippen LogP) is -2.96. The molecule has 402 valence electrons. The number of rotatable bonds is 25. The average Bonchev–Trinajstić information content (AvgIpc) is 3.29. The van der Waals surface area contributed by atoms with E-state index in [4.69, 9.17) is 28.4 Å². The fourth-order valence-corrected chi connectivity index (χ4v) is 7.68. The Morgan fingerprint density at radius 1 is 0.271 bits per heavy atom. The van der Waals surface area contributed by atoms with Gasteiger partial charge in [-0.1, -0.05) is 0 Å². The summed E-state index contributed by atoms with van der Waals surface area (Å²) in [7, 11) is 0. The average molecular weight is 1000 g/mol. The molecule has 24 heteroatoms. The molecule has 0 saturated carbocycles. The Balaban J connectivity index is 2.12. The lowest BCUT2D eigenvalue weighted by Gasteiger charge is -2.33. The molecule has 2 heterocycles. The van der Waals surface area contributed by atoms with E-state index in [-0.39, 0.29) is 153 Å². The second-order valence-electron chi connectivity index (χ2n) is 16.7. The van der Waals surface area contributed by atoms with Crippen LogP contribution in [0.3, 0.4) is 0 Å². The molecule has 70 heavy (non-hydrogen) atoms. The Morgan fingerprint density at radius 3 is 0.557 bits per heavy atom. The van der Waals surface area contributed by atoms with Crippen LogP contribution in [0.15, 0.2) is 0 Å². The minimum atomic E-state index is -0.381. The van der Waals surface area contributed by atoms with Crippen LogP contribution in [0, 0.1) is 0 Å². The number of nitrogens with zero attached hydrogens (tertiary/aromatic N) is 8. The first-order chi connectivity index (χ1) is 33.7. The van der Waals surface area contributed by atoms with Gasteiger partial charge in [-0.25, -0.2) is 0 Å². The van der Waals surface area contributed by atoms with E-state index in [1.165, 1.54) is 0 Å². The highest BCUT2D eigenvalue weighted by Gasteiger charge is 2.25. The highest BCUT2D eigenvalue weighted by molar-refractivity contribution is 5.79. The molecule has 0 atom stereocenters. The van der Waals surface area contributed by atoms with E-state index in [0.717, 1.165) is 0 Å². The van der Waals surface area contributed by atoms with Crippen molar-refractivity contribution in [2.75, 3.05) is 210 Å². The lowest BCUT2D eigenvalue weighted by atomic mass is 10.3. The number of hydrogen-bond donors (Lipinski definition) is 2. The van der Waals surface area contributed by atoms with Gasteiger partial charge in [0.25, 0.3) is 0 Å². The van der Waals surface area contributed by atoms with Crippen molar-refractivity contribution in [3.63, 3.8) is 0 Å². The van der Waals surface area contributed by atoms with Crippen LogP contribution in [-0.2, 0) is 66.8 Å². The maximum absolute atomic E-state index is 13.4. The summed E-state index contributed by atoms with van der Waals surface area (Å²) in [4.78, 5) is 118.